The van der Waals surface area contributed by atoms with Crippen LogP contribution in [0, 0.1) is 5.92 Å². The Kier molecular flexibility index (Phi) is 4.38. The Morgan fingerprint density at radius 2 is 2.39 bits per heavy atom. The quantitative estimate of drug-likeness (QED) is 0.606. The van der Waals surface area contributed by atoms with Crippen LogP contribution in [0.1, 0.15) is 23.2 Å². The van der Waals surface area contributed by atoms with E-state index in [4.69, 9.17) is 22.1 Å². The van der Waals surface area contributed by atoms with E-state index >= 15 is 0 Å². The van der Waals surface area contributed by atoms with Gasteiger partial charge in [-0.2, -0.15) is 0 Å². The molecular formula is C12H16ClN3O2. The summed E-state index contributed by atoms with van der Waals surface area (Å²) < 4.78 is 5.41. The summed E-state index contributed by atoms with van der Waals surface area (Å²) >= 11 is 5.72. The lowest BCUT2D eigenvalue weighted by molar-refractivity contribution is 0.0907. The van der Waals surface area contributed by atoms with Crippen molar-refractivity contribution in [3.63, 3.8) is 0 Å². The second-order valence-electron chi connectivity index (χ2n) is 4.37. The molecule has 3 N–H and O–H groups in total. The van der Waals surface area contributed by atoms with Crippen molar-refractivity contribution in [1.29, 1.82) is 0 Å². The maximum Gasteiger partial charge on any atom is 0.253 e. The molecule has 0 atom stereocenters. The number of halogens is 1. The van der Waals surface area contributed by atoms with Crippen LogP contribution in [0.25, 0.3) is 0 Å². The van der Waals surface area contributed by atoms with Gasteiger partial charge in [0.2, 0.25) is 0 Å². The van der Waals surface area contributed by atoms with Gasteiger partial charge in [0.1, 0.15) is 5.15 Å². The highest BCUT2D eigenvalue weighted by Gasteiger charge is 2.20. The van der Waals surface area contributed by atoms with Gasteiger partial charge in [0.15, 0.2) is 0 Å². The van der Waals surface area contributed by atoms with Crippen LogP contribution in [0.3, 0.4) is 0 Å². The second kappa shape index (κ2) is 6.02. The Morgan fingerprint density at radius 3 is 3.11 bits per heavy atom. The van der Waals surface area contributed by atoms with E-state index in [0.29, 0.717) is 24.4 Å². The predicted octanol–water partition coefficient (Wildman–Crippen LogP) is 1.47. The molecule has 0 saturated heterocycles. The summed E-state index contributed by atoms with van der Waals surface area (Å²) in [6.45, 7) is 1.77. The standard InChI is InChI=1S/C12H16ClN3O2/c13-11-5-9(10(14)6-16-11)12(17)15-3-4-18-7-8-1-2-8/h5-6,8H,1-4,7,14H2,(H,15,17). The van der Waals surface area contributed by atoms with Gasteiger partial charge in [0.25, 0.3) is 5.91 Å². The van der Waals surface area contributed by atoms with Crippen LogP contribution in [0.5, 0.6) is 0 Å². The fraction of sp³-hybridized carbons (Fsp3) is 0.500. The maximum atomic E-state index is 11.8. The molecule has 1 aromatic heterocycles. The molecule has 0 bridgehead atoms. The lowest BCUT2D eigenvalue weighted by atomic mass is 10.2. The van der Waals surface area contributed by atoms with Crippen LogP contribution in [-0.2, 0) is 4.74 Å². The Labute approximate surface area is 111 Å². The molecule has 1 aliphatic rings. The third-order valence-corrected chi connectivity index (χ3v) is 2.94. The van der Waals surface area contributed by atoms with Crippen molar-refractivity contribution in [3.05, 3.63) is 23.0 Å². The van der Waals surface area contributed by atoms with Gasteiger partial charge in [-0.25, -0.2) is 4.98 Å². The lowest BCUT2D eigenvalue weighted by Gasteiger charge is -2.08. The maximum absolute atomic E-state index is 11.8. The molecule has 5 nitrogen and oxygen atoms in total. The zero-order valence-electron chi connectivity index (χ0n) is 9.99. The van der Waals surface area contributed by atoms with Crippen molar-refractivity contribution < 1.29 is 9.53 Å². The molecular weight excluding hydrogens is 254 g/mol. The first-order chi connectivity index (χ1) is 8.66. The van der Waals surface area contributed by atoms with Crippen molar-refractivity contribution in [2.45, 2.75) is 12.8 Å². The lowest BCUT2D eigenvalue weighted by Crippen LogP contribution is -2.28. The summed E-state index contributed by atoms with van der Waals surface area (Å²) in [7, 11) is 0. The number of aromatic nitrogens is 1. The first-order valence-corrected chi connectivity index (χ1v) is 6.31. The number of amides is 1. The van der Waals surface area contributed by atoms with Gasteiger partial charge in [-0.1, -0.05) is 11.6 Å². The second-order valence-corrected chi connectivity index (χ2v) is 4.76. The molecule has 1 aromatic rings. The molecule has 0 unspecified atom stereocenters. The summed E-state index contributed by atoms with van der Waals surface area (Å²) in [5.41, 5.74) is 6.32. The van der Waals surface area contributed by atoms with E-state index in [1.807, 2.05) is 0 Å². The van der Waals surface area contributed by atoms with Crippen LogP contribution >= 0.6 is 11.6 Å². The summed E-state index contributed by atoms with van der Waals surface area (Å²) in [6.07, 6.45) is 3.90. The van der Waals surface area contributed by atoms with E-state index in [1.165, 1.54) is 25.1 Å². The predicted molar refractivity (Wildman–Crippen MR) is 69.5 cm³/mol. The van der Waals surface area contributed by atoms with E-state index in [0.717, 1.165) is 12.5 Å². The summed E-state index contributed by atoms with van der Waals surface area (Å²) in [5.74, 6) is 0.474. The number of nitrogen functional groups attached to an aromatic ring is 1. The van der Waals surface area contributed by atoms with E-state index in [-0.39, 0.29) is 11.1 Å². The van der Waals surface area contributed by atoms with Crippen molar-refractivity contribution in [3.8, 4) is 0 Å². The number of hydrogen-bond acceptors (Lipinski definition) is 4. The Hall–Kier alpha value is -1.33. The van der Waals surface area contributed by atoms with Gasteiger partial charge in [-0.3, -0.25) is 4.79 Å². The minimum absolute atomic E-state index is 0.249. The van der Waals surface area contributed by atoms with Gasteiger partial charge < -0.3 is 15.8 Å². The van der Waals surface area contributed by atoms with Crippen LogP contribution in [-0.4, -0.2) is 30.6 Å². The van der Waals surface area contributed by atoms with E-state index in [2.05, 4.69) is 10.3 Å². The molecule has 0 radical (unpaired) electrons. The molecule has 98 valence electrons. The molecule has 0 aliphatic heterocycles. The van der Waals surface area contributed by atoms with Crippen molar-refractivity contribution in [1.82, 2.24) is 10.3 Å². The first kappa shape index (κ1) is 13.1. The number of rotatable bonds is 6. The smallest absolute Gasteiger partial charge is 0.253 e. The minimum atomic E-state index is -0.258. The molecule has 2 rings (SSSR count). The van der Waals surface area contributed by atoms with Crippen molar-refractivity contribution in [2.75, 3.05) is 25.5 Å². The average Bonchev–Trinajstić information content (AvgIpc) is 3.15. The number of nitrogens with two attached hydrogens (primary N) is 1. The minimum Gasteiger partial charge on any atom is -0.397 e. The fourth-order valence-corrected chi connectivity index (χ4v) is 1.66. The van der Waals surface area contributed by atoms with Crippen molar-refractivity contribution >= 4 is 23.2 Å². The summed E-state index contributed by atoms with van der Waals surface area (Å²) in [5, 5.41) is 2.98. The van der Waals surface area contributed by atoms with E-state index in [1.54, 1.807) is 0 Å². The molecule has 1 aliphatic carbocycles. The number of hydrogen-bond donors (Lipinski definition) is 2. The Balaban J connectivity index is 1.74. The number of anilines is 1. The van der Waals surface area contributed by atoms with Gasteiger partial charge in [-0.15, -0.1) is 0 Å². The summed E-state index contributed by atoms with van der Waals surface area (Å²) in [6, 6.07) is 1.46. The monoisotopic (exact) mass is 269 g/mol. The summed E-state index contributed by atoms with van der Waals surface area (Å²) in [4.78, 5) is 15.6. The first-order valence-electron chi connectivity index (χ1n) is 5.94. The van der Waals surface area contributed by atoms with Gasteiger partial charge in [-0.05, 0) is 24.8 Å². The third kappa shape index (κ3) is 3.85. The molecule has 0 spiro atoms. The van der Waals surface area contributed by atoms with Gasteiger partial charge in [0.05, 0.1) is 24.1 Å². The van der Waals surface area contributed by atoms with Gasteiger partial charge in [0, 0.05) is 13.2 Å². The number of ether oxygens (including phenoxy) is 1. The zero-order chi connectivity index (χ0) is 13.0. The Bertz CT molecular complexity index is 435. The highest BCUT2D eigenvalue weighted by molar-refractivity contribution is 6.29. The molecule has 0 aromatic carbocycles. The normalized spacial score (nSPS) is 14.5. The fourth-order valence-electron chi connectivity index (χ4n) is 1.50. The number of nitrogens with zero attached hydrogens (tertiary/aromatic N) is 1. The van der Waals surface area contributed by atoms with Crippen LogP contribution in [0.2, 0.25) is 5.15 Å². The van der Waals surface area contributed by atoms with E-state index in [9.17, 15) is 4.79 Å². The molecule has 1 heterocycles. The third-order valence-electron chi connectivity index (χ3n) is 2.73. The molecule has 1 fully saturated rings. The molecule has 6 heteroatoms. The van der Waals surface area contributed by atoms with E-state index < -0.39 is 0 Å². The highest BCUT2D eigenvalue weighted by Crippen LogP contribution is 2.28. The van der Waals surface area contributed by atoms with Crippen LogP contribution in [0.4, 0.5) is 5.69 Å². The zero-order valence-corrected chi connectivity index (χ0v) is 10.7. The number of carbonyl (C=O) groups excluding carboxylic acids is 1. The SMILES string of the molecule is Nc1cnc(Cl)cc1C(=O)NCCOCC1CC1. The number of pyridine rings is 1. The average molecular weight is 270 g/mol. The van der Waals surface area contributed by atoms with Crippen molar-refractivity contribution in [2.24, 2.45) is 5.92 Å². The number of nitrogens with one attached hydrogen (secondary N) is 1. The van der Waals surface area contributed by atoms with Gasteiger partial charge >= 0.3 is 0 Å². The molecule has 1 amide bonds. The topological polar surface area (TPSA) is 77.2 Å². The van der Waals surface area contributed by atoms with Crippen LogP contribution in [0.15, 0.2) is 12.3 Å². The molecule has 18 heavy (non-hydrogen) atoms. The molecule has 1 saturated carbocycles. The van der Waals surface area contributed by atoms with Crippen LogP contribution < -0.4 is 11.1 Å². The Morgan fingerprint density at radius 1 is 1.61 bits per heavy atom. The number of carbonyl (C=O) groups is 1. The highest BCUT2D eigenvalue weighted by atomic mass is 35.5. The largest absolute Gasteiger partial charge is 0.397 e.